The maximum Gasteiger partial charge on any atom is -0.0442 e. The average Bonchev–Trinajstić information content (AvgIpc) is 2.24. The second-order valence-corrected chi connectivity index (χ2v) is 3.17. The van der Waals surface area contributed by atoms with Crippen LogP contribution in [-0.2, 0) is 0 Å². The third-order valence-electron chi connectivity index (χ3n) is 1.39. The summed E-state index contributed by atoms with van der Waals surface area (Å²) < 4.78 is 0. The molecule has 0 aromatic carbocycles. The molecule has 0 aliphatic rings. The summed E-state index contributed by atoms with van der Waals surface area (Å²) in [6, 6.07) is 0. The highest BCUT2D eigenvalue weighted by atomic mass is 13.9. The fourth-order valence-corrected chi connectivity index (χ4v) is 0. The minimum atomic E-state index is 0.884. The van der Waals surface area contributed by atoms with Crippen LogP contribution in [0.3, 0.4) is 0 Å². The topological polar surface area (TPSA) is 0 Å². The molecule has 0 aromatic heterocycles. The SMILES string of the molecule is CC.CC.CC=C(C)C.CCC(C)C. The molecule has 0 nitrogen and oxygen atoms in total. The Balaban J connectivity index is -0.0000000528. The van der Waals surface area contributed by atoms with Crippen molar-refractivity contribution < 1.29 is 0 Å². The zero-order valence-electron chi connectivity index (χ0n) is 12.4. The second kappa shape index (κ2) is 29.3. The third kappa shape index (κ3) is 96.8. The molecule has 0 heteroatoms. The lowest BCUT2D eigenvalue weighted by Gasteiger charge is -1.90. The van der Waals surface area contributed by atoms with E-state index < -0.39 is 0 Å². The van der Waals surface area contributed by atoms with Crippen LogP contribution in [0.25, 0.3) is 0 Å². The quantitative estimate of drug-likeness (QED) is 0.452. The van der Waals surface area contributed by atoms with Gasteiger partial charge >= 0.3 is 0 Å². The van der Waals surface area contributed by atoms with Crippen molar-refractivity contribution in [2.24, 2.45) is 5.92 Å². The number of hydrogen-bond acceptors (Lipinski definition) is 0. The predicted octanol–water partition coefficient (Wildman–Crippen LogP) is 6.08. The van der Waals surface area contributed by atoms with Crippen LogP contribution in [0, 0.1) is 5.92 Å². The molecule has 0 rings (SSSR count). The van der Waals surface area contributed by atoms with Crippen molar-refractivity contribution in [1.82, 2.24) is 0 Å². The van der Waals surface area contributed by atoms with Gasteiger partial charge in [0.05, 0.1) is 0 Å². The van der Waals surface area contributed by atoms with Gasteiger partial charge in [-0.25, -0.2) is 0 Å². The van der Waals surface area contributed by atoms with Gasteiger partial charge in [0.15, 0.2) is 0 Å². The van der Waals surface area contributed by atoms with Crippen LogP contribution in [0.1, 0.15) is 75.7 Å². The first-order valence-electron chi connectivity index (χ1n) is 6.14. The van der Waals surface area contributed by atoms with Crippen molar-refractivity contribution in [3.63, 3.8) is 0 Å². The molecule has 90 valence electrons. The summed E-state index contributed by atoms with van der Waals surface area (Å²) in [5.41, 5.74) is 1.38. The van der Waals surface area contributed by atoms with E-state index in [9.17, 15) is 0 Å². The van der Waals surface area contributed by atoms with Gasteiger partial charge in [-0.2, -0.15) is 0 Å². The first kappa shape index (κ1) is 23.5. The van der Waals surface area contributed by atoms with E-state index in [0.717, 1.165) is 5.92 Å². The first-order valence-corrected chi connectivity index (χ1v) is 6.14. The molecule has 0 aliphatic heterocycles. The van der Waals surface area contributed by atoms with E-state index in [4.69, 9.17) is 0 Å². The zero-order valence-corrected chi connectivity index (χ0v) is 12.4. The Labute approximate surface area is 93.8 Å². The Kier molecular flexibility index (Phi) is 49.2. The van der Waals surface area contributed by atoms with Crippen molar-refractivity contribution >= 4 is 0 Å². The van der Waals surface area contributed by atoms with Crippen LogP contribution in [0.4, 0.5) is 0 Å². The van der Waals surface area contributed by atoms with E-state index in [-0.39, 0.29) is 0 Å². The van der Waals surface area contributed by atoms with Crippen molar-refractivity contribution in [2.75, 3.05) is 0 Å². The normalized spacial score (nSPS) is 6.79. The standard InChI is InChI=1S/C5H12.C5H10.2C2H6/c2*1-4-5(2)3;2*1-2/h5H,4H2,1-3H3;4H,1-3H3;2*1-2H3. The minimum absolute atomic E-state index is 0.884. The highest BCUT2D eigenvalue weighted by Crippen LogP contribution is 1.93. The number of rotatable bonds is 1. The number of allylic oxidation sites excluding steroid dienone is 2. The molecule has 0 bridgehead atoms. The lowest BCUT2D eigenvalue weighted by atomic mass is 10.2. The largest absolute Gasteiger partial charge is 0.0890 e. The Morgan fingerprint density at radius 2 is 1.14 bits per heavy atom. The van der Waals surface area contributed by atoms with Crippen LogP contribution in [-0.4, -0.2) is 0 Å². The van der Waals surface area contributed by atoms with Gasteiger partial charge in [-0.3, -0.25) is 0 Å². The van der Waals surface area contributed by atoms with Gasteiger partial charge in [-0.1, -0.05) is 66.5 Å². The smallest absolute Gasteiger partial charge is 0.0442 e. The third-order valence-corrected chi connectivity index (χ3v) is 1.39. The molecule has 0 heterocycles. The van der Waals surface area contributed by atoms with Crippen LogP contribution in [0.5, 0.6) is 0 Å². The molecule has 0 N–H and O–H groups in total. The Hall–Kier alpha value is -0.260. The molecule has 0 fully saturated rings. The molecule has 0 saturated carbocycles. The van der Waals surface area contributed by atoms with Gasteiger partial charge < -0.3 is 0 Å². The molecular weight excluding hydrogens is 168 g/mol. The van der Waals surface area contributed by atoms with Crippen LogP contribution in [0.15, 0.2) is 11.6 Å². The summed E-state index contributed by atoms with van der Waals surface area (Å²) in [5.74, 6) is 0.884. The summed E-state index contributed by atoms with van der Waals surface area (Å²) >= 11 is 0. The molecule has 0 radical (unpaired) electrons. The fraction of sp³-hybridized carbons (Fsp3) is 0.857. The first-order chi connectivity index (χ1) is 6.54. The van der Waals surface area contributed by atoms with Crippen molar-refractivity contribution in [3.8, 4) is 0 Å². The van der Waals surface area contributed by atoms with E-state index in [0.29, 0.717) is 0 Å². The summed E-state index contributed by atoms with van der Waals surface area (Å²) in [6.45, 7) is 20.8. The van der Waals surface area contributed by atoms with E-state index in [1.807, 2.05) is 34.6 Å². The zero-order chi connectivity index (χ0) is 12.6. The monoisotopic (exact) mass is 202 g/mol. The van der Waals surface area contributed by atoms with Gasteiger partial charge in [-0.15, -0.1) is 0 Å². The van der Waals surface area contributed by atoms with Crippen molar-refractivity contribution in [1.29, 1.82) is 0 Å². The molecule has 0 aliphatic carbocycles. The van der Waals surface area contributed by atoms with Crippen LogP contribution >= 0.6 is 0 Å². The molecule has 0 saturated heterocycles. The van der Waals surface area contributed by atoms with Gasteiger partial charge in [-0.05, 0) is 26.7 Å². The van der Waals surface area contributed by atoms with Crippen molar-refractivity contribution in [2.45, 2.75) is 75.7 Å². The van der Waals surface area contributed by atoms with Gasteiger partial charge in [0.2, 0.25) is 0 Å². The van der Waals surface area contributed by atoms with Gasteiger partial charge in [0.25, 0.3) is 0 Å². The molecule has 0 aromatic rings. The minimum Gasteiger partial charge on any atom is -0.0890 e. The molecule has 0 spiro atoms. The van der Waals surface area contributed by atoms with E-state index in [1.165, 1.54) is 12.0 Å². The number of hydrogen-bond donors (Lipinski definition) is 0. The summed E-state index contributed by atoms with van der Waals surface area (Å²) in [5, 5.41) is 0. The maximum absolute atomic E-state index is 2.22. The Morgan fingerprint density at radius 3 is 1.14 bits per heavy atom. The molecule has 0 atom stereocenters. The highest BCUT2D eigenvalue weighted by Gasteiger charge is 1.80. The van der Waals surface area contributed by atoms with Gasteiger partial charge in [0, 0.05) is 0 Å². The fourth-order valence-electron chi connectivity index (χ4n) is 0. The summed E-state index contributed by atoms with van der Waals surface area (Å²) in [7, 11) is 0. The Bertz CT molecular complexity index is 74.0. The summed E-state index contributed by atoms with van der Waals surface area (Å²) in [4.78, 5) is 0. The van der Waals surface area contributed by atoms with Crippen LogP contribution < -0.4 is 0 Å². The molecule has 14 heavy (non-hydrogen) atoms. The van der Waals surface area contributed by atoms with Crippen molar-refractivity contribution in [3.05, 3.63) is 11.6 Å². The average molecular weight is 202 g/mol. The van der Waals surface area contributed by atoms with E-state index in [2.05, 4.69) is 40.7 Å². The Morgan fingerprint density at radius 1 is 1.00 bits per heavy atom. The highest BCUT2D eigenvalue weighted by molar-refractivity contribution is 4.88. The lowest BCUT2D eigenvalue weighted by Crippen LogP contribution is -1.77. The molecular formula is C14H34. The molecule has 0 unspecified atom stereocenters. The lowest BCUT2D eigenvalue weighted by molar-refractivity contribution is 0.626. The van der Waals surface area contributed by atoms with Gasteiger partial charge in [0.1, 0.15) is 0 Å². The maximum atomic E-state index is 2.22. The second-order valence-electron chi connectivity index (χ2n) is 3.17. The van der Waals surface area contributed by atoms with Crippen LogP contribution in [0.2, 0.25) is 0 Å². The molecule has 0 amide bonds. The van der Waals surface area contributed by atoms with E-state index >= 15 is 0 Å². The summed E-state index contributed by atoms with van der Waals surface area (Å²) in [6.07, 6.45) is 3.39. The predicted molar refractivity (Wildman–Crippen MR) is 72.9 cm³/mol. The van der Waals surface area contributed by atoms with E-state index in [1.54, 1.807) is 0 Å².